The molecule has 1 aliphatic heterocycles. The molecule has 1 unspecified atom stereocenters. The van der Waals surface area contributed by atoms with Crippen LogP contribution in [0.5, 0.6) is 11.5 Å². The molecule has 0 spiro atoms. The van der Waals surface area contributed by atoms with E-state index >= 15 is 0 Å². The van der Waals surface area contributed by atoms with Crippen molar-refractivity contribution in [3.05, 3.63) is 48.5 Å². The molecule has 2 aromatic carbocycles. The molecular formula is C21H25NO4S. The van der Waals surface area contributed by atoms with Gasteiger partial charge in [0.15, 0.2) is 17.6 Å². The van der Waals surface area contributed by atoms with Gasteiger partial charge < -0.3 is 19.1 Å². The molecule has 144 valence electrons. The molecule has 1 aliphatic rings. The van der Waals surface area contributed by atoms with Gasteiger partial charge in [0, 0.05) is 23.8 Å². The average molecular weight is 388 g/mol. The number of nitrogens with zero attached hydrogens (tertiary/aromatic N) is 1. The van der Waals surface area contributed by atoms with E-state index in [2.05, 4.69) is 29.2 Å². The van der Waals surface area contributed by atoms with Crippen LogP contribution in [0.2, 0.25) is 0 Å². The third kappa shape index (κ3) is 5.17. The van der Waals surface area contributed by atoms with Crippen LogP contribution in [0.25, 0.3) is 0 Å². The number of hydrogen-bond acceptors (Lipinski definition) is 6. The number of carbonyl (C=O) groups is 1. The van der Waals surface area contributed by atoms with Crippen molar-refractivity contribution < 1.29 is 19.0 Å². The Balaban J connectivity index is 1.58. The molecule has 2 aromatic rings. The number of esters is 1. The number of benzene rings is 2. The minimum Gasteiger partial charge on any atom is -0.488 e. The number of hydrogen-bond donors (Lipinski definition) is 0. The minimum atomic E-state index is -0.606. The highest BCUT2D eigenvalue weighted by molar-refractivity contribution is 7.99. The summed E-state index contributed by atoms with van der Waals surface area (Å²) in [5.74, 6) is 1.63. The molecule has 0 radical (unpaired) electrons. The van der Waals surface area contributed by atoms with Gasteiger partial charge in [0.25, 0.3) is 0 Å². The van der Waals surface area contributed by atoms with Gasteiger partial charge in [0.05, 0.1) is 12.2 Å². The third-order valence-electron chi connectivity index (χ3n) is 4.25. The first-order chi connectivity index (χ1) is 13.2. The Hall–Kier alpha value is -2.18. The van der Waals surface area contributed by atoms with Gasteiger partial charge >= 0.3 is 5.97 Å². The highest BCUT2D eigenvalue weighted by Gasteiger charge is 2.19. The van der Waals surface area contributed by atoms with E-state index in [4.69, 9.17) is 14.2 Å². The predicted octanol–water partition coefficient (Wildman–Crippen LogP) is 4.01. The highest BCUT2D eigenvalue weighted by Crippen LogP contribution is 2.34. The summed E-state index contributed by atoms with van der Waals surface area (Å²) in [6.07, 6.45) is -0.606. The Labute approximate surface area is 164 Å². The van der Waals surface area contributed by atoms with Gasteiger partial charge in [-0.2, -0.15) is 0 Å². The Morgan fingerprint density at radius 2 is 1.89 bits per heavy atom. The van der Waals surface area contributed by atoms with Crippen molar-refractivity contribution in [2.45, 2.75) is 24.8 Å². The van der Waals surface area contributed by atoms with E-state index in [0.29, 0.717) is 24.7 Å². The predicted molar refractivity (Wildman–Crippen MR) is 108 cm³/mol. The van der Waals surface area contributed by atoms with Crippen LogP contribution in [0.1, 0.15) is 13.8 Å². The van der Waals surface area contributed by atoms with Crippen molar-refractivity contribution in [1.29, 1.82) is 0 Å². The molecule has 0 aromatic heterocycles. The van der Waals surface area contributed by atoms with Gasteiger partial charge in [-0.05, 0) is 38.1 Å². The molecule has 0 bridgehead atoms. The molecule has 0 saturated heterocycles. The van der Waals surface area contributed by atoms with E-state index in [-0.39, 0.29) is 0 Å². The maximum absolute atomic E-state index is 12.1. The van der Waals surface area contributed by atoms with Gasteiger partial charge in [0.1, 0.15) is 6.61 Å². The standard InChI is InChI=1S/C21H25NO4S/c1-3-24-16(2)21(23)26-19-10-6-5-9-18(19)25-14-12-22-13-15-27-20-11-7-4-8-17(20)22/h4-11,16H,3,12-15H2,1-2H3. The van der Waals surface area contributed by atoms with Crippen LogP contribution in [-0.2, 0) is 9.53 Å². The fourth-order valence-electron chi connectivity index (χ4n) is 2.89. The first-order valence-corrected chi connectivity index (χ1v) is 10.2. The van der Waals surface area contributed by atoms with Crippen LogP contribution in [0.15, 0.2) is 53.4 Å². The lowest BCUT2D eigenvalue weighted by atomic mass is 10.2. The molecular weight excluding hydrogens is 362 g/mol. The van der Waals surface area contributed by atoms with Gasteiger partial charge in [-0.3, -0.25) is 0 Å². The molecule has 1 heterocycles. The number of thioether (sulfide) groups is 1. The van der Waals surface area contributed by atoms with Crippen LogP contribution in [-0.4, -0.2) is 44.1 Å². The van der Waals surface area contributed by atoms with Crippen LogP contribution < -0.4 is 14.4 Å². The van der Waals surface area contributed by atoms with Gasteiger partial charge in [-0.25, -0.2) is 4.79 Å². The first kappa shape index (κ1) is 19.6. The Bertz CT molecular complexity index is 767. The quantitative estimate of drug-likeness (QED) is 0.504. The van der Waals surface area contributed by atoms with Crippen molar-refractivity contribution in [2.75, 3.05) is 37.0 Å². The zero-order valence-corrected chi connectivity index (χ0v) is 16.5. The lowest BCUT2D eigenvalue weighted by Crippen LogP contribution is -2.33. The SMILES string of the molecule is CCOC(C)C(=O)Oc1ccccc1OCCN1CCSc2ccccc21. The van der Waals surface area contributed by atoms with Crippen LogP contribution >= 0.6 is 11.8 Å². The molecule has 0 N–H and O–H groups in total. The summed E-state index contributed by atoms with van der Waals surface area (Å²) >= 11 is 1.89. The number of anilines is 1. The lowest BCUT2D eigenvalue weighted by Gasteiger charge is -2.30. The van der Waals surface area contributed by atoms with E-state index in [9.17, 15) is 4.79 Å². The van der Waals surface area contributed by atoms with Gasteiger partial charge in [-0.15, -0.1) is 11.8 Å². The normalized spacial score (nSPS) is 14.4. The second kappa shape index (κ2) is 9.67. The average Bonchev–Trinajstić information content (AvgIpc) is 2.69. The van der Waals surface area contributed by atoms with E-state index in [1.54, 1.807) is 13.0 Å². The second-order valence-corrected chi connectivity index (χ2v) is 7.25. The van der Waals surface area contributed by atoms with E-state index in [1.807, 2.05) is 36.9 Å². The maximum Gasteiger partial charge on any atom is 0.340 e. The summed E-state index contributed by atoms with van der Waals surface area (Å²) in [6.45, 7) is 6.26. The number of para-hydroxylation sites is 3. The van der Waals surface area contributed by atoms with Crippen LogP contribution in [0, 0.1) is 0 Å². The molecule has 27 heavy (non-hydrogen) atoms. The summed E-state index contributed by atoms with van der Waals surface area (Å²) < 4.78 is 16.7. The Kier molecular flexibility index (Phi) is 7.01. The van der Waals surface area contributed by atoms with E-state index < -0.39 is 12.1 Å². The molecule has 3 rings (SSSR count). The minimum absolute atomic E-state index is 0.420. The van der Waals surface area contributed by atoms with Gasteiger partial charge in [0.2, 0.25) is 0 Å². The first-order valence-electron chi connectivity index (χ1n) is 9.21. The molecule has 0 aliphatic carbocycles. The number of fused-ring (bicyclic) bond motifs is 1. The Morgan fingerprint density at radius 3 is 2.70 bits per heavy atom. The summed E-state index contributed by atoms with van der Waals surface area (Å²) in [5, 5.41) is 0. The summed E-state index contributed by atoms with van der Waals surface area (Å²) in [4.78, 5) is 15.7. The lowest BCUT2D eigenvalue weighted by molar-refractivity contribution is -0.146. The Morgan fingerprint density at radius 1 is 1.15 bits per heavy atom. The van der Waals surface area contributed by atoms with Crippen LogP contribution in [0.3, 0.4) is 0 Å². The number of carbonyl (C=O) groups excluding carboxylic acids is 1. The fraction of sp³-hybridized carbons (Fsp3) is 0.381. The zero-order chi connectivity index (χ0) is 19.1. The van der Waals surface area contributed by atoms with Crippen molar-refractivity contribution in [3.8, 4) is 11.5 Å². The van der Waals surface area contributed by atoms with Crippen molar-refractivity contribution in [1.82, 2.24) is 0 Å². The molecule has 0 saturated carbocycles. The molecule has 0 fully saturated rings. The maximum atomic E-state index is 12.1. The van der Waals surface area contributed by atoms with E-state index in [1.165, 1.54) is 10.6 Å². The van der Waals surface area contributed by atoms with Crippen molar-refractivity contribution in [3.63, 3.8) is 0 Å². The summed E-state index contributed by atoms with van der Waals surface area (Å²) in [6, 6.07) is 15.7. The van der Waals surface area contributed by atoms with E-state index in [0.717, 1.165) is 18.8 Å². The molecule has 0 amide bonds. The smallest absolute Gasteiger partial charge is 0.340 e. The second-order valence-electron chi connectivity index (χ2n) is 6.12. The molecule has 1 atom stereocenters. The zero-order valence-electron chi connectivity index (χ0n) is 15.7. The highest BCUT2D eigenvalue weighted by atomic mass is 32.2. The topological polar surface area (TPSA) is 48.0 Å². The van der Waals surface area contributed by atoms with Crippen LogP contribution in [0.4, 0.5) is 5.69 Å². The van der Waals surface area contributed by atoms with Gasteiger partial charge in [-0.1, -0.05) is 24.3 Å². The molecule has 5 nitrogen and oxygen atoms in total. The number of ether oxygens (including phenoxy) is 3. The molecule has 6 heteroatoms. The fourth-order valence-corrected chi connectivity index (χ4v) is 3.94. The largest absolute Gasteiger partial charge is 0.488 e. The van der Waals surface area contributed by atoms with Crippen molar-refractivity contribution in [2.24, 2.45) is 0 Å². The third-order valence-corrected chi connectivity index (χ3v) is 5.29. The van der Waals surface area contributed by atoms with Crippen molar-refractivity contribution >= 4 is 23.4 Å². The monoisotopic (exact) mass is 387 g/mol. The number of rotatable bonds is 8. The summed E-state index contributed by atoms with van der Waals surface area (Å²) in [5.41, 5.74) is 1.25. The summed E-state index contributed by atoms with van der Waals surface area (Å²) in [7, 11) is 0.